The Morgan fingerprint density at radius 1 is 1.36 bits per heavy atom. The van der Waals surface area contributed by atoms with Gasteiger partial charge in [-0.15, -0.1) is 0 Å². The Hall–Kier alpha value is -1.79. The molecule has 1 fully saturated rings. The lowest BCUT2D eigenvalue weighted by Crippen LogP contribution is -2.12. The van der Waals surface area contributed by atoms with E-state index in [-0.39, 0.29) is 12.6 Å². The summed E-state index contributed by atoms with van der Waals surface area (Å²) in [7, 11) is 1.58. The molecule has 1 heterocycles. The molecule has 6 nitrogen and oxygen atoms in total. The molecular formula is C15H18ClN3O3. The highest BCUT2D eigenvalue weighted by Gasteiger charge is 2.22. The minimum atomic E-state index is 0.195. The SMILES string of the molecule is COc1cc(-c2noc(CN)n2)cc(Cl)c1OC1CCCC1. The van der Waals surface area contributed by atoms with Gasteiger partial charge in [-0.05, 0) is 37.8 Å². The minimum absolute atomic E-state index is 0.195. The fourth-order valence-electron chi connectivity index (χ4n) is 2.59. The third-order valence-corrected chi connectivity index (χ3v) is 4.00. The first-order valence-electron chi connectivity index (χ1n) is 7.28. The van der Waals surface area contributed by atoms with Crippen molar-refractivity contribution in [2.45, 2.75) is 38.3 Å². The van der Waals surface area contributed by atoms with Crippen molar-refractivity contribution in [3.05, 3.63) is 23.0 Å². The second kappa shape index (κ2) is 6.54. The number of nitrogens with two attached hydrogens (primary N) is 1. The number of nitrogens with zero attached hydrogens (tertiary/aromatic N) is 2. The van der Waals surface area contributed by atoms with Crippen molar-refractivity contribution in [2.75, 3.05) is 7.11 Å². The average Bonchev–Trinajstić information content (AvgIpc) is 3.20. The van der Waals surface area contributed by atoms with Crippen LogP contribution in [0.3, 0.4) is 0 Å². The number of hydrogen-bond donors (Lipinski definition) is 1. The van der Waals surface area contributed by atoms with Crippen LogP contribution in [0.5, 0.6) is 11.5 Å². The van der Waals surface area contributed by atoms with Gasteiger partial charge < -0.3 is 19.7 Å². The third kappa shape index (κ3) is 3.03. The lowest BCUT2D eigenvalue weighted by Gasteiger charge is -2.17. The number of halogens is 1. The van der Waals surface area contributed by atoms with E-state index >= 15 is 0 Å². The van der Waals surface area contributed by atoms with Crippen LogP contribution in [0.2, 0.25) is 5.02 Å². The van der Waals surface area contributed by atoms with E-state index in [4.69, 9.17) is 31.3 Å². The fraction of sp³-hybridized carbons (Fsp3) is 0.467. The summed E-state index contributed by atoms with van der Waals surface area (Å²) in [4.78, 5) is 4.19. The highest BCUT2D eigenvalue weighted by molar-refractivity contribution is 6.32. The van der Waals surface area contributed by atoms with Gasteiger partial charge in [0.25, 0.3) is 0 Å². The molecule has 1 aromatic heterocycles. The van der Waals surface area contributed by atoms with E-state index in [2.05, 4.69) is 10.1 Å². The number of hydrogen-bond acceptors (Lipinski definition) is 6. The largest absolute Gasteiger partial charge is 0.493 e. The molecule has 0 bridgehead atoms. The molecule has 7 heteroatoms. The number of ether oxygens (including phenoxy) is 2. The highest BCUT2D eigenvalue weighted by atomic mass is 35.5. The fourth-order valence-corrected chi connectivity index (χ4v) is 2.85. The Morgan fingerprint density at radius 2 is 2.14 bits per heavy atom. The lowest BCUT2D eigenvalue weighted by molar-refractivity contribution is 0.201. The zero-order chi connectivity index (χ0) is 15.5. The predicted octanol–water partition coefficient (Wildman–Crippen LogP) is 3.18. The summed E-state index contributed by atoms with van der Waals surface area (Å²) in [6.07, 6.45) is 4.67. The quantitative estimate of drug-likeness (QED) is 0.909. The molecule has 1 aromatic carbocycles. The summed E-state index contributed by atoms with van der Waals surface area (Å²) < 4.78 is 16.4. The standard InChI is InChI=1S/C15H18ClN3O3/c1-20-12-7-9(15-18-13(8-17)22-19-15)6-11(16)14(12)21-10-4-2-3-5-10/h6-7,10H,2-5,8,17H2,1H3. The monoisotopic (exact) mass is 323 g/mol. The van der Waals surface area contributed by atoms with Crippen molar-refractivity contribution in [2.24, 2.45) is 5.73 Å². The first-order chi connectivity index (χ1) is 10.7. The minimum Gasteiger partial charge on any atom is -0.493 e. The third-order valence-electron chi connectivity index (χ3n) is 3.72. The lowest BCUT2D eigenvalue weighted by atomic mass is 10.2. The second-order valence-electron chi connectivity index (χ2n) is 5.23. The molecule has 2 aromatic rings. The van der Waals surface area contributed by atoms with E-state index in [0.717, 1.165) is 12.8 Å². The summed E-state index contributed by atoms with van der Waals surface area (Å²) in [6, 6.07) is 3.54. The maximum absolute atomic E-state index is 6.37. The number of benzene rings is 1. The molecule has 0 spiro atoms. The molecule has 1 aliphatic rings. The van der Waals surface area contributed by atoms with Crippen molar-refractivity contribution < 1.29 is 14.0 Å². The van der Waals surface area contributed by atoms with Crippen LogP contribution in [-0.4, -0.2) is 23.4 Å². The maximum Gasteiger partial charge on any atom is 0.240 e. The van der Waals surface area contributed by atoms with E-state index in [0.29, 0.717) is 33.8 Å². The topological polar surface area (TPSA) is 83.4 Å². The Bertz CT molecular complexity index is 653. The van der Waals surface area contributed by atoms with Gasteiger partial charge in [0.1, 0.15) is 0 Å². The first-order valence-corrected chi connectivity index (χ1v) is 7.66. The Kier molecular flexibility index (Phi) is 4.49. The van der Waals surface area contributed by atoms with Gasteiger partial charge in [0.2, 0.25) is 11.7 Å². The molecule has 0 aliphatic heterocycles. The number of methoxy groups -OCH3 is 1. The van der Waals surface area contributed by atoms with Crippen LogP contribution < -0.4 is 15.2 Å². The molecule has 1 aliphatic carbocycles. The maximum atomic E-state index is 6.37. The molecule has 1 saturated carbocycles. The smallest absolute Gasteiger partial charge is 0.240 e. The highest BCUT2D eigenvalue weighted by Crippen LogP contribution is 2.40. The van der Waals surface area contributed by atoms with Gasteiger partial charge in [0.05, 0.1) is 24.8 Å². The van der Waals surface area contributed by atoms with Crippen LogP contribution in [0.25, 0.3) is 11.4 Å². The Morgan fingerprint density at radius 3 is 2.77 bits per heavy atom. The van der Waals surface area contributed by atoms with Crippen molar-refractivity contribution in [3.63, 3.8) is 0 Å². The van der Waals surface area contributed by atoms with Gasteiger partial charge >= 0.3 is 0 Å². The van der Waals surface area contributed by atoms with Gasteiger partial charge in [0, 0.05) is 5.56 Å². The molecule has 22 heavy (non-hydrogen) atoms. The number of rotatable bonds is 5. The van der Waals surface area contributed by atoms with Crippen molar-refractivity contribution >= 4 is 11.6 Å². The Labute approximate surface area is 133 Å². The summed E-state index contributed by atoms with van der Waals surface area (Å²) in [5, 5.41) is 4.36. The zero-order valence-electron chi connectivity index (χ0n) is 12.3. The molecule has 0 unspecified atom stereocenters. The molecule has 2 N–H and O–H groups in total. The molecule has 118 valence electrons. The van der Waals surface area contributed by atoms with Crippen LogP contribution in [-0.2, 0) is 6.54 Å². The van der Waals surface area contributed by atoms with Gasteiger partial charge in [-0.2, -0.15) is 4.98 Å². The van der Waals surface area contributed by atoms with Crippen molar-refractivity contribution in [1.29, 1.82) is 0 Å². The van der Waals surface area contributed by atoms with Crippen LogP contribution in [0.1, 0.15) is 31.6 Å². The van der Waals surface area contributed by atoms with Crippen molar-refractivity contribution in [3.8, 4) is 22.9 Å². The van der Waals surface area contributed by atoms with E-state index < -0.39 is 0 Å². The Balaban J connectivity index is 1.92. The van der Waals surface area contributed by atoms with Gasteiger partial charge in [0.15, 0.2) is 11.5 Å². The molecule has 0 amide bonds. The van der Waals surface area contributed by atoms with Crippen LogP contribution in [0, 0.1) is 0 Å². The van der Waals surface area contributed by atoms with Crippen LogP contribution in [0.4, 0.5) is 0 Å². The average molecular weight is 324 g/mol. The summed E-state index contributed by atoms with van der Waals surface area (Å²) in [5.74, 6) is 1.93. The molecule has 3 rings (SSSR count). The van der Waals surface area contributed by atoms with Crippen molar-refractivity contribution in [1.82, 2.24) is 10.1 Å². The second-order valence-corrected chi connectivity index (χ2v) is 5.64. The molecule has 0 radical (unpaired) electrons. The van der Waals surface area contributed by atoms with E-state index in [1.807, 2.05) is 0 Å². The zero-order valence-corrected chi connectivity index (χ0v) is 13.1. The van der Waals surface area contributed by atoms with Crippen LogP contribution >= 0.6 is 11.6 Å². The molecule has 0 atom stereocenters. The first kappa shape index (κ1) is 15.1. The number of aromatic nitrogens is 2. The van der Waals surface area contributed by atoms with Gasteiger partial charge in [-0.1, -0.05) is 16.8 Å². The predicted molar refractivity (Wildman–Crippen MR) is 82.1 cm³/mol. The van der Waals surface area contributed by atoms with E-state index in [1.54, 1.807) is 19.2 Å². The summed E-state index contributed by atoms with van der Waals surface area (Å²) in [6.45, 7) is 0.195. The normalized spacial score (nSPS) is 15.2. The summed E-state index contributed by atoms with van der Waals surface area (Å²) >= 11 is 6.37. The van der Waals surface area contributed by atoms with Gasteiger partial charge in [-0.3, -0.25) is 0 Å². The summed E-state index contributed by atoms with van der Waals surface area (Å²) in [5.41, 5.74) is 6.17. The van der Waals surface area contributed by atoms with E-state index in [9.17, 15) is 0 Å². The van der Waals surface area contributed by atoms with Gasteiger partial charge in [-0.25, -0.2) is 0 Å². The molecular weight excluding hydrogens is 306 g/mol. The van der Waals surface area contributed by atoms with E-state index in [1.165, 1.54) is 12.8 Å². The molecule has 0 saturated heterocycles. The van der Waals surface area contributed by atoms with Crippen LogP contribution in [0.15, 0.2) is 16.7 Å².